The highest BCUT2D eigenvalue weighted by Crippen LogP contribution is 2.45. The second-order valence-electron chi connectivity index (χ2n) is 7.42. The molecule has 2 fully saturated rings. The lowest BCUT2D eigenvalue weighted by Gasteiger charge is -2.48. The Morgan fingerprint density at radius 3 is 2.42 bits per heavy atom. The van der Waals surface area contributed by atoms with Crippen molar-refractivity contribution in [1.29, 1.82) is 0 Å². The maximum Gasteiger partial charge on any atom is 0.317 e. The zero-order valence-corrected chi connectivity index (χ0v) is 15.9. The fraction of sp³-hybridized carbons (Fsp3) is 0.632. The van der Waals surface area contributed by atoms with Crippen LogP contribution in [0.3, 0.4) is 0 Å². The van der Waals surface area contributed by atoms with Crippen molar-refractivity contribution in [3.8, 4) is 0 Å². The lowest BCUT2D eigenvalue weighted by atomic mass is 9.69. The Labute approximate surface area is 150 Å². The molecule has 1 saturated carbocycles. The molecule has 1 saturated heterocycles. The molecule has 0 aromatic heterocycles. The number of amides is 2. The molecule has 2 amide bonds. The number of carbonyl (C=O) groups excluding carboxylic acids is 1. The van der Waals surface area contributed by atoms with Crippen molar-refractivity contribution in [2.75, 3.05) is 39.2 Å². The maximum absolute atomic E-state index is 12.3. The van der Waals surface area contributed by atoms with Crippen molar-refractivity contribution < 1.29 is 4.79 Å². The van der Waals surface area contributed by atoms with E-state index in [0.717, 1.165) is 44.5 Å². The summed E-state index contributed by atoms with van der Waals surface area (Å²) in [4.78, 5) is 16.7. The predicted molar refractivity (Wildman–Crippen MR) is 101 cm³/mol. The van der Waals surface area contributed by atoms with Gasteiger partial charge in [-0.15, -0.1) is 0 Å². The van der Waals surface area contributed by atoms with Crippen LogP contribution in [0, 0.1) is 0 Å². The summed E-state index contributed by atoms with van der Waals surface area (Å²) in [5.41, 5.74) is 1.46. The molecule has 1 aliphatic heterocycles. The van der Waals surface area contributed by atoms with Gasteiger partial charge in [0.05, 0.1) is 5.54 Å². The average Bonchev–Trinajstić information content (AvgIpc) is 2.90. The van der Waals surface area contributed by atoms with Crippen LogP contribution in [0.5, 0.6) is 0 Å². The Morgan fingerprint density at radius 1 is 1.17 bits per heavy atom. The van der Waals surface area contributed by atoms with Gasteiger partial charge in [0.2, 0.25) is 0 Å². The number of urea groups is 1. The molecular weight excluding hydrogens is 318 g/mol. The van der Waals surface area contributed by atoms with E-state index in [1.807, 2.05) is 4.90 Å². The normalized spacial score (nSPS) is 30.2. The van der Waals surface area contributed by atoms with Gasteiger partial charge >= 0.3 is 6.03 Å². The summed E-state index contributed by atoms with van der Waals surface area (Å²) < 4.78 is 0. The minimum absolute atomic E-state index is 0.0240. The molecule has 3 rings (SSSR count). The second-order valence-corrected chi connectivity index (χ2v) is 8.40. The number of hydrogen-bond acceptors (Lipinski definition) is 3. The van der Waals surface area contributed by atoms with Crippen molar-refractivity contribution in [3.05, 3.63) is 35.9 Å². The first kappa shape index (κ1) is 17.6. The van der Waals surface area contributed by atoms with Crippen LogP contribution in [0.4, 0.5) is 4.79 Å². The number of carbonyl (C=O) groups is 1. The molecule has 4 nitrogen and oxygen atoms in total. The van der Waals surface area contributed by atoms with E-state index in [1.54, 1.807) is 11.8 Å². The zero-order chi connectivity index (χ0) is 17.2. The number of hydrogen-bond donors (Lipinski definition) is 1. The molecule has 1 heterocycles. The number of nitrogens with zero attached hydrogens (tertiary/aromatic N) is 2. The van der Waals surface area contributed by atoms with Crippen LogP contribution in [0.15, 0.2) is 30.3 Å². The predicted octanol–water partition coefficient (Wildman–Crippen LogP) is 3.14. The molecule has 24 heavy (non-hydrogen) atoms. The van der Waals surface area contributed by atoms with Gasteiger partial charge in [-0.1, -0.05) is 30.3 Å². The minimum atomic E-state index is -0.0240. The molecule has 2 aliphatic rings. The highest BCUT2D eigenvalue weighted by atomic mass is 32.2. The van der Waals surface area contributed by atoms with Crippen LogP contribution in [-0.4, -0.2) is 60.6 Å². The van der Waals surface area contributed by atoms with E-state index in [4.69, 9.17) is 0 Å². The van der Waals surface area contributed by atoms with E-state index < -0.39 is 0 Å². The molecule has 0 atom stereocenters. The number of rotatable bonds is 5. The third-order valence-electron chi connectivity index (χ3n) is 5.92. The summed E-state index contributed by atoms with van der Waals surface area (Å²) in [6.07, 6.45) is 6.35. The lowest BCUT2D eigenvalue weighted by molar-refractivity contribution is 0.0622. The molecule has 1 spiro atoms. The summed E-state index contributed by atoms with van der Waals surface area (Å²) in [5, 5.41) is 3.32. The summed E-state index contributed by atoms with van der Waals surface area (Å²) in [7, 11) is 4.37. The first-order chi connectivity index (χ1) is 11.5. The standard InChI is InChI=1S/C19H29N3OS/c1-21(2)19(16-7-5-4-6-8-16)11-9-18(10-12-19)15-22(13-14-24-3)17(23)20-18/h4-8H,9-15H2,1-3H3,(H,20,23)/t18-,19+. The summed E-state index contributed by atoms with van der Waals surface area (Å²) in [6, 6.07) is 11.0. The molecule has 1 aromatic carbocycles. The molecule has 0 bridgehead atoms. The van der Waals surface area contributed by atoms with Crippen molar-refractivity contribution in [3.63, 3.8) is 0 Å². The Bertz CT molecular complexity index is 567. The van der Waals surface area contributed by atoms with Crippen LogP contribution in [0.2, 0.25) is 0 Å². The molecular formula is C19H29N3OS. The summed E-state index contributed by atoms with van der Waals surface area (Å²) in [6.45, 7) is 1.72. The third kappa shape index (κ3) is 3.16. The monoisotopic (exact) mass is 347 g/mol. The minimum Gasteiger partial charge on any atom is -0.331 e. The quantitative estimate of drug-likeness (QED) is 0.889. The SMILES string of the molecule is CSCCN1C[C@]2(CC[C@](c3ccccc3)(N(C)C)CC2)NC1=O. The van der Waals surface area contributed by atoms with Gasteiger partial charge in [0.15, 0.2) is 0 Å². The lowest BCUT2D eigenvalue weighted by Crippen LogP contribution is -2.54. The van der Waals surface area contributed by atoms with Gasteiger partial charge in [0.25, 0.3) is 0 Å². The summed E-state index contributed by atoms with van der Waals surface area (Å²) >= 11 is 1.80. The molecule has 1 N–H and O–H groups in total. The van der Waals surface area contributed by atoms with Gasteiger partial charge < -0.3 is 10.2 Å². The van der Waals surface area contributed by atoms with E-state index in [2.05, 4.69) is 60.9 Å². The van der Waals surface area contributed by atoms with Crippen molar-refractivity contribution >= 4 is 17.8 Å². The second kappa shape index (κ2) is 6.96. The highest BCUT2D eigenvalue weighted by Gasteiger charge is 2.49. The van der Waals surface area contributed by atoms with Crippen LogP contribution < -0.4 is 5.32 Å². The van der Waals surface area contributed by atoms with Crippen molar-refractivity contribution in [2.45, 2.75) is 36.8 Å². The van der Waals surface area contributed by atoms with E-state index in [-0.39, 0.29) is 17.1 Å². The average molecular weight is 348 g/mol. The van der Waals surface area contributed by atoms with E-state index in [1.165, 1.54) is 5.56 Å². The third-order valence-corrected chi connectivity index (χ3v) is 6.51. The Kier molecular flexibility index (Phi) is 5.11. The molecule has 0 unspecified atom stereocenters. The Hall–Kier alpha value is -1.20. The van der Waals surface area contributed by atoms with Crippen LogP contribution in [0.25, 0.3) is 0 Å². The largest absolute Gasteiger partial charge is 0.331 e. The molecule has 132 valence electrons. The number of thioether (sulfide) groups is 1. The smallest absolute Gasteiger partial charge is 0.317 e. The molecule has 5 heteroatoms. The first-order valence-electron chi connectivity index (χ1n) is 8.80. The molecule has 1 aromatic rings. The molecule has 1 aliphatic carbocycles. The Balaban J connectivity index is 1.74. The maximum atomic E-state index is 12.3. The number of nitrogens with one attached hydrogen (secondary N) is 1. The van der Waals surface area contributed by atoms with Crippen LogP contribution in [0.1, 0.15) is 31.2 Å². The first-order valence-corrected chi connectivity index (χ1v) is 10.2. The fourth-order valence-corrected chi connectivity index (χ4v) is 4.74. The van der Waals surface area contributed by atoms with Gasteiger partial charge in [-0.25, -0.2) is 4.79 Å². The fourth-order valence-electron chi connectivity index (χ4n) is 4.33. The van der Waals surface area contributed by atoms with Gasteiger partial charge in [-0.2, -0.15) is 11.8 Å². The van der Waals surface area contributed by atoms with Crippen LogP contribution >= 0.6 is 11.8 Å². The zero-order valence-electron chi connectivity index (χ0n) is 15.0. The summed E-state index contributed by atoms with van der Waals surface area (Å²) in [5.74, 6) is 1.01. The van der Waals surface area contributed by atoms with Crippen LogP contribution in [-0.2, 0) is 5.54 Å². The topological polar surface area (TPSA) is 35.6 Å². The van der Waals surface area contributed by atoms with E-state index >= 15 is 0 Å². The van der Waals surface area contributed by atoms with Crippen molar-refractivity contribution in [1.82, 2.24) is 15.1 Å². The van der Waals surface area contributed by atoms with Gasteiger partial charge in [-0.05, 0) is 51.6 Å². The molecule has 0 radical (unpaired) electrons. The highest BCUT2D eigenvalue weighted by molar-refractivity contribution is 7.98. The Morgan fingerprint density at radius 2 is 1.83 bits per heavy atom. The van der Waals surface area contributed by atoms with Gasteiger partial charge in [0.1, 0.15) is 0 Å². The van der Waals surface area contributed by atoms with Gasteiger partial charge in [0, 0.05) is 24.4 Å². The van der Waals surface area contributed by atoms with Crippen molar-refractivity contribution in [2.24, 2.45) is 0 Å². The van der Waals surface area contributed by atoms with E-state index in [9.17, 15) is 4.79 Å². The number of benzene rings is 1. The van der Waals surface area contributed by atoms with Gasteiger partial charge in [-0.3, -0.25) is 4.90 Å². The van der Waals surface area contributed by atoms with E-state index in [0.29, 0.717) is 0 Å².